The molecule has 0 radical (unpaired) electrons. The van der Waals surface area contributed by atoms with Gasteiger partial charge in [0.1, 0.15) is 0 Å². The number of rotatable bonds is 7. The molecular weight excluding hydrogens is 168 g/mol. The fraction of sp³-hybridized carbons (Fsp3) is 0.556. The molecule has 0 aromatic carbocycles. The molecule has 0 rings (SSSR count). The van der Waals surface area contributed by atoms with Gasteiger partial charge in [-0.05, 0) is 6.42 Å². The Morgan fingerprint density at radius 1 is 1.69 bits per heavy atom. The zero-order valence-electron chi connectivity index (χ0n) is 7.94. The van der Waals surface area contributed by atoms with Crippen LogP contribution in [0.15, 0.2) is 17.9 Å². The molecule has 0 aliphatic heterocycles. The van der Waals surface area contributed by atoms with Gasteiger partial charge in [0.2, 0.25) is 0 Å². The molecule has 0 bridgehead atoms. The zero-order valence-corrected chi connectivity index (χ0v) is 7.94. The van der Waals surface area contributed by atoms with E-state index in [9.17, 15) is 4.79 Å². The predicted octanol–water partition coefficient (Wildman–Crippen LogP) is 1.69. The van der Waals surface area contributed by atoms with Crippen LogP contribution >= 0.6 is 0 Å². The SMILES string of the molecule is C=CN(CCC(=O)O)/N=C\CCC. The minimum absolute atomic E-state index is 0.0789. The van der Waals surface area contributed by atoms with E-state index in [0.29, 0.717) is 6.54 Å². The van der Waals surface area contributed by atoms with Crippen LogP contribution in [0.25, 0.3) is 0 Å². The maximum Gasteiger partial charge on any atom is 0.305 e. The number of hydrogen-bond acceptors (Lipinski definition) is 3. The van der Waals surface area contributed by atoms with E-state index in [4.69, 9.17) is 5.11 Å². The van der Waals surface area contributed by atoms with E-state index in [-0.39, 0.29) is 6.42 Å². The van der Waals surface area contributed by atoms with Gasteiger partial charge in [0.05, 0.1) is 13.0 Å². The van der Waals surface area contributed by atoms with E-state index in [1.165, 1.54) is 11.2 Å². The smallest absolute Gasteiger partial charge is 0.305 e. The van der Waals surface area contributed by atoms with Crippen LogP contribution in [0, 0.1) is 0 Å². The Labute approximate surface area is 78.6 Å². The van der Waals surface area contributed by atoms with E-state index in [1.54, 1.807) is 6.21 Å². The van der Waals surface area contributed by atoms with Gasteiger partial charge < -0.3 is 5.11 Å². The minimum atomic E-state index is -0.822. The van der Waals surface area contributed by atoms with Gasteiger partial charge in [0.25, 0.3) is 0 Å². The van der Waals surface area contributed by atoms with Crippen LogP contribution in [0.5, 0.6) is 0 Å². The van der Waals surface area contributed by atoms with E-state index in [1.807, 2.05) is 0 Å². The van der Waals surface area contributed by atoms with Crippen LogP contribution in [0.2, 0.25) is 0 Å². The summed E-state index contributed by atoms with van der Waals surface area (Å²) in [6, 6.07) is 0. The molecule has 0 heterocycles. The third-order valence-electron chi connectivity index (χ3n) is 1.41. The maximum absolute atomic E-state index is 10.2. The van der Waals surface area contributed by atoms with Gasteiger partial charge in [-0.2, -0.15) is 5.10 Å². The highest BCUT2D eigenvalue weighted by Gasteiger charge is 1.99. The monoisotopic (exact) mass is 184 g/mol. The molecule has 0 fully saturated rings. The second-order valence-corrected chi connectivity index (χ2v) is 2.58. The lowest BCUT2D eigenvalue weighted by Crippen LogP contribution is -2.14. The second kappa shape index (κ2) is 7.34. The fourth-order valence-corrected chi connectivity index (χ4v) is 0.698. The summed E-state index contributed by atoms with van der Waals surface area (Å²) in [5.74, 6) is -0.822. The first kappa shape index (κ1) is 11.7. The summed E-state index contributed by atoms with van der Waals surface area (Å²) < 4.78 is 0. The third-order valence-corrected chi connectivity index (χ3v) is 1.41. The van der Waals surface area contributed by atoms with Crippen LogP contribution in [0.1, 0.15) is 26.2 Å². The van der Waals surface area contributed by atoms with Crippen molar-refractivity contribution < 1.29 is 9.90 Å². The maximum atomic E-state index is 10.2. The van der Waals surface area contributed by atoms with Crippen molar-refractivity contribution in [3.8, 4) is 0 Å². The van der Waals surface area contributed by atoms with E-state index in [2.05, 4.69) is 18.6 Å². The summed E-state index contributed by atoms with van der Waals surface area (Å²) in [5.41, 5.74) is 0. The van der Waals surface area contributed by atoms with E-state index >= 15 is 0 Å². The summed E-state index contributed by atoms with van der Waals surface area (Å²) in [6.45, 7) is 5.97. The number of carboxylic acid groups (broad SMARTS) is 1. The molecule has 0 unspecified atom stereocenters. The van der Waals surface area contributed by atoms with Gasteiger partial charge in [-0.3, -0.25) is 9.80 Å². The van der Waals surface area contributed by atoms with Crippen LogP contribution in [-0.4, -0.2) is 28.8 Å². The molecule has 4 heteroatoms. The van der Waals surface area contributed by atoms with Crippen LogP contribution < -0.4 is 0 Å². The van der Waals surface area contributed by atoms with Gasteiger partial charge in [-0.1, -0.05) is 19.9 Å². The molecule has 0 atom stereocenters. The van der Waals surface area contributed by atoms with Crippen LogP contribution in [0.4, 0.5) is 0 Å². The Morgan fingerprint density at radius 2 is 2.38 bits per heavy atom. The molecule has 74 valence electrons. The first-order valence-electron chi connectivity index (χ1n) is 4.34. The molecule has 0 saturated heterocycles. The summed E-state index contributed by atoms with van der Waals surface area (Å²) in [5, 5.41) is 14.0. The van der Waals surface area contributed by atoms with Gasteiger partial charge in [-0.25, -0.2) is 0 Å². The van der Waals surface area contributed by atoms with Crippen molar-refractivity contribution in [1.82, 2.24) is 5.01 Å². The lowest BCUT2D eigenvalue weighted by molar-refractivity contribution is -0.137. The topological polar surface area (TPSA) is 52.9 Å². The third kappa shape index (κ3) is 7.05. The summed E-state index contributed by atoms with van der Waals surface area (Å²) in [6.07, 6.45) is 5.30. The molecule has 0 aromatic rings. The zero-order chi connectivity index (χ0) is 10.1. The number of carbonyl (C=O) groups is 1. The normalized spacial score (nSPS) is 10.2. The Bertz CT molecular complexity index is 190. The predicted molar refractivity (Wildman–Crippen MR) is 52.6 cm³/mol. The van der Waals surface area contributed by atoms with Crippen molar-refractivity contribution in [3.63, 3.8) is 0 Å². The average Bonchev–Trinajstić information content (AvgIpc) is 2.10. The van der Waals surface area contributed by atoms with Crippen molar-refractivity contribution in [2.45, 2.75) is 26.2 Å². The average molecular weight is 184 g/mol. The first-order chi connectivity index (χ1) is 6.20. The molecule has 0 amide bonds. The fourth-order valence-electron chi connectivity index (χ4n) is 0.698. The highest BCUT2D eigenvalue weighted by Crippen LogP contribution is 1.93. The summed E-state index contributed by atoms with van der Waals surface area (Å²) in [4.78, 5) is 10.2. The molecule has 4 nitrogen and oxygen atoms in total. The number of hydrogen-bond donors (Lipinski definition) is 1. The van der Waals surface area contributed by atoms with Gasteiger partial charge in [-0.15, -0.1) is 0 Å². The van der Waals surface area contributed by atoms with Crippen molar-refractivity contribution in [2.75, 3.05) is 6.54 Å². The second-order valence-electron chi connectivity index (χ2n) is 2.58. The summed E-state index contributed by atoms with van der Waals surface area (Å²) >= 11 is 0. The minimum Gasteiger partial charge on any atom is -0.481 e. The Kier molecular flexibility index (Phi) is 6.59. The number of carboxylic acids is 1. The number of hydrazone groups is 1. The lowest BCUT2D eigenvalue weighted by atomic mass is 10.4. The number of nitrogens with zero attached hydrogens (tertiary/aromatic N) is 2. The highest BCUT2D eigenvalue weighted by atomic mass is 16.4. The molecule has 0 aromatic heterocycles. The Balaban J connectivity index is 3.75. The largest absolute Gasteiger partial charge is 0.481 e. The van der Waals surface area contributed by atoms with Crippen molar-refractivity contribution in [3.05, 3.63) is 12.8 Å². The molecule has 0 saturated carbocycles. The molecule has 0 aliphatic rings. The standard InChI is InChI=1S/C9H16N2O2/c1-3-5-7-10-11(4-2)8-6-9(12)13/h4,7H,2-3,5-6,8H2,1H3,(H,12,13)/b10-7-. The van der Waals surface area contributed by atoms with Gasteiger partial charge in [0.15, 0.2) is 0 Å². The van der Waals surface area contributed by atoms with Crippen molar-refractivity contribution >= 4 is 12.2 Å². The van der Waals surface area contributed by atoms with E-state index < -0.39 is 5.97 Å². The lowest BCUT2D eigenvalue weighted by Gasteiger charge is -2.11. The Morgan fingerprint density at radius 3 is 2.85 bits per heavy atom. The van der Waals surface area contributed by atoms with Gasteiger partial charge in [0, 0.05) is 12.4 Å². The summed E-state index contributed by atoms with van der Waals surface area (Å²) in [7, 11) is 0. The molecule has 1 N–H and O–H groups in total. The number of unbranched alkanes of at least 4 members (excludes halogenated alkanes) is 1. The number of aliphatic carboxylic acids is 1. The quantitative estimate of drug-likeness (QED) is 0.484. The van der Waals surface area contributed by atoms with Crippen molar-refractivity contribution in [1.29, 1.82) is 0 Å². The van der Waals surface area contributed by atoms with Crippen molar-refractivity contribution in [2.24, 2.45) is 5.10 Å². The highest BCUT2D eigenvalue weighted by molar-refractivity contribution is 5.66. The molecule has 13 heavy (non-hydrogen) atoms. The first-order valence-corrected chi connectivity index (χ1v) is 4.34. The van der Waals surface area contributed by atoms with E-state index in [0.717, 1.165) is 12.8 Å². The van der Waals surface area contributed by atoms with Crippen LogP contribution in [-0.2, 0) is 4.79 Å². The Hall–Kier alpha value is -1.32. The molecular formula is C9H16N2O2. The van der Waals surface area contributed by atoms with Crippen LogP contribution in [0.3, 0.4) is 0 Å². The molecule has 0 spiro atoms. The van der Waals surface area contributed by atoms with Gasteiger partial charge >= 0.3 is 5.97 Å². The molecule has 0 aliphatic carbocycles.